The first-order valence-electron chi connectivity index (χ1n) is 7.93. The first-order valence-corrected chi connectivity index (χ1v) is 8.81. The lowest BCUT2D eigenvalue weighted by Gasteiger charge is -2.20. The molecule has 6 heteroatoms. The van der Waals surface area contributed by atoms with E-state index in [1.165, 1.54) is 17.0 Å². The second-order valence-corrected chi connectivity index (χ2v) is 6.84. The third-order valence-corrected chi connectivity index (χ3v) is 4.62. The highest BCUT2D eigenvalue weighted by Crippen LogP contribution is 2.17. The molecule has 0 radical (unpaired) electrons. The number of amides is 1. The van der Waals surface area contributed by atoms with Crippen molar-refractivity contribution in [2.45, 2.75) is 20.0 Å². The molecule has 0 atom stereocenters. The van der Waals surface area contributed by atoms with E-state index in [1.807, 2.05) is 41.5 Å². The van der Waals surface area contributed by atoms with Gasteiger partial charge in [0.2, 0.25) is 5.91 Å². The highest BCUT2D eigenvalue weighted by molar-refractivity contribution is 7.09. The van der Waals surface area contributed by atoms with Crippen molar-refractivity contribution in [3.8, 4) is 0 Å². The summed E-state index contributed by atoms with van der Waals surface area (Å²) in [6, 6.07) is 12.1. The summed E-state index contributed by atoms with van der Waals surface area (Å²) in [4.78, 5) is 15.6. The van der Waals surface area contributed by atoms with Gasteiger partial charge in [-0.05, 0) is 48.2 Å². The van der Waals surface area contributed by atoms with Crippen LogP contribution in [0.3, 0.4) is 0 Å². The fraction of sp³-hybridized carbons (Fsp3) is 0.211. The second kappa shape index (κ2) is 8.09. The SMILES string of the molecule is Cc1ccc(F)cc1NC(=O)CN(Cc1ccco1)Cc1cccs1. The molecule has 0 saturated carbocycles. The number of hydrogen-bond acceptors (Lipinski definition) is 4. The van der Waals surface area contributed by atoms with Crippen LogP contribution in [0.4, 0.5) is 10.1 Å². The average molecular weight is 358 g/mol. The maximum atomic E-state index is 13.4. The lowest BCUT2D eigenvalue weighted by molar-refractivity contribution is -0.117. The molecule has 25 heavy (non-hydrogen) atoms. The van der Waals surface area contributed by atoms with E-state index in [4.69, 9.17) is 4.42 Å². The lowest BCUT2D eigenvalue weighted by atomic mass is 10.2. The molecule has 1 amide bonds. The van der Waals surface area contributed by atoms with Gasteiger partial charge < -0.3 is 9.73 Å². The van der Waals surface area contributed by atoms with Gasteiger partial charge in [0.05, 0.1) is 19.4 Å². The van der Waals surface area contributed by atoms with Crippen LogP contribution in [0, 0.1) is 12.7 Å². The molecule has 1 aromatic carbocycles. The van der Waals surface area contributed by atoms with Crippen molar-refractivity contribution >= 4 is 22.9 Å². The molecule has 3 aromatic rings. The number of thiophene rings is 1. The normalized spacial score (nSPS) is 11.0. The summed E-state index contributed by atoms with van der Waals surface area (Å²) in [7, 11) is 0. The van der Waals surface area contributed by atoms with Gasteiger partial charge in [0.1, 0.15) is 11.6 Å². The first kappa shape index (κ1) is 17.4. The predicted octanol–water partition coefficient (Wildman–Crippen LogP) is 4.43. The van der Waals surface area contributed by atoms with Gasteiger partial charge in [0.25, 0.3) is 0 Å². The number of halogens is 1. The summed E-state index contributed by atoms with van der Waals surface area (Å²) >= 11 is 1.65. The number of furan rings is 1. The van der Waals surface area contributed by atoms with Crippen molar-refractivity contribution in [1.29, 1.82) is 0 Å². The Kier molecular flexibility index (Phi) is 5.63. The standard InChI is InChI=1S/C19H19FN2O2S/c1-14-6-7-15(20)10-18(14)21-19(23)13-22(11-16-4-2-8-24-16)12-17-5-3-9-25-17/h2-10H,11-13H2,1H3,(H,21,23). The molecule has 0 bridgehead atoms. The second-order valence-electron chi connectivity index (χ2n) is 5.81. The van der Waals surface area contributed by atoms with E-state index in [1.54, 1.807) is 23.7 Å². The van der Waals surface area contributed by atoms with E-state index in [9.17, 15) is 9.18 Å². The van der Waals surface area contributed by atoms with Gasteiger partial charge in [-0.2, -0.15) is 0 Å². The molecular formula is C19H19FN2O2S. The molecule has 0 spiro atoms. The number of aryl methyl sites for hydroxylation is 1. The van der Waals surface area contributed by atoms with Gasteiger partial charge >= 0.3 is 0 Å². The van der Waals surface area contributed by atoms with Gasteiger partial charge in [-0.15, -0.1) is 11.3 Å². The van der Waals surface area contributed by atoms with E-state index in [0.717, 1.165) is 11.3 Å². The minimum atomic E-state index is -0.369. The third-order valence-electron chi connectivity index (χ3n) is 3.76. The van der Waals surface area contributed by atoms with Crippen LogP contribution in [-0.4, -0.2) is 17.4 Å². The molecule has 4 nitrogen and oxygen atoms in total. The first-order chi connectivity index (χ1) is 12.1. The highest BCUT2D eigenvalue weighted by atomic mass is 32.1. The van der Waals surface area contributed by atoms with Crippen LogP contribution in [0.5, 0.6) is 0 Å². The maximum absolute atomic E-state index is 13.4. The number of nitrogens with one attached hydrogen (secondary N) is 1. The molecule has 130 valence electrons. The Morgan fingerprint density at radius 2 is 2.12 bits per heavy atom. The maximum Gasteiger partial charge on any atom is 0.238 e. The minimum absolute atomic E-state index is 0.184. The highest BCUT2D eigenvalue weighted by Gasteiger charge is 2.15. The van der Waals surface area contributed by atoms with Crippen LogP contribution in [0.15, 0.2) is 58.5 Å². The number of rotatable bonds is 7. The summed E-state index contributed by atoms with van der Waals surface area (Å²) in [6.07, 6.45) is 1.62. The number of carbonyl (C=O) groups is 1. The Hall–Kier alpha value is -2.44. The van der Waals surface area contributed by atoms with E-state index in [0.29, 0.717) is 18.8 Å². The predicted molar refractivity (Wildman–Crippen MR) is 96.9 cm³/mol. The molecule has 0 aliphatic rings. The van der Waals surface area contributed by atoms with Crippen LogP contribution in [0.1, 0.15) is 16.2 Å². The molecule has 0 aliphatic carbocycles. The Balaban J connectivity index is 1.67. The van der Waals surface area contributed by atoms with Crippen LogP contribution in [0.25, 0.3) is 0 Å². The fourth-order valence-corrected chi connectivity index (χ4v) is 3.28. The zero-order chi connectivity index (χ0) is 17.6. The van der Waals surface area contributed by atoms with Crippen molar-refractivity contribution in [3.05, 3.63) is 76.1 Å². The van der Waals surface area contributed by atoms with Crippen molar-refractivity contribution in [2.24, 2.45) is 0 Å². The summed E-state index contributed by atoms with van der Waals surface area (Å²) in [5.41, 5.74) is 1.32. The van der Waals surface area contributed by atoms with Crippen molar-refractivity contribution in [3.63, 3.8) is 0 Å². The molecule has 2 heterocycles. The van der Waals surface area contributed by atoms with Crippen molar-refractivity contribution < 1.29 is 13.6 Å². The lowest BCUT2D eigenvalue weighted by Crippen LogP contribution is -2.32. The monoisotopic (exact) mass is 358 g/mol. The Labute approximate surface area is 149 Å². The minimum Gasteiger partial charge on any atom is -0.468 e. The van der Waals surface area contributed by atoms with Gasteiger partial charge in [-0.1, -0.05) is 12.1 Å². The number of carbonyl (C=O) groups excluding carboxylic acids is 1. The summed E-state index contributed by atoms with van der Waals surface area (Å²) < 4.78 is 18.8. The quantitative estimate of drug-likeness (QED) is 0.680. The smallest absolute Gasteiger partial charge is 0.238 e. The Morgan fingerprint density at radius 3 is 2.84 bits per heavy atom. The van der Waals surface area contributed by atoms with Gasteiger partial charge in [-0.25, -0.2) is 4.39 Å². The third kappa shape index (κ3) is 5.01. The molecular weight excluding hydrogens is 339 g/mol. The molecule has 2 aromatic heterocycles. The molecule has 0 saturated heterocycles. The van der Waals surface area contributed by atoms with Crippen molar-refractivity contribution in [1.82, 2.24) is 4.90 Å². The number of nitrogens with zero attached hydrogens (tertiary/aromatic N) is 1. The number of hydrogen-bond donors (Lipinski definition) is 1. The molecule has 3 rings (SSSR count). The van der Waals surface area contributed by atoms with E-state index >= 15 is 0 Å². The van der Waals surface area contributed by atoms with E-state index < -0.39 is 0 Å². The Morgan fingerprint density at radius 1 is 1.24 bits per heavy atom. The average Bonchev–Trinajstić information content (AvgIpc) is 3.25. The molecule has 0 aliphatic heterocycles. The molecule has 0 unspecified atom stereocenters. The van der Waals surface area contributed by atoms with Gasteiger partial charge in [0, 0.05) is 17.1 Å². The van der Waals surface area contributed by atoms with Gasteiger partial charge in [-0.3, -0.25) is 9.69 Å². The topological polar surface area (TPSA) is 45.5 Å². The van der Waals surface area contributed by atoms with Gasteiger partial charge in [0.15, 0.2) is 0 Å². The summed E-state index contributed by atoms with van der Waals surface area (Å²) in [5, 5.41) is 4.80. The zero-order valence-corrected chi connectivity index (χ0v) is 14.7. The fourth-order valence-electron chi connectivity index (χ4n) is 2.54. The zero-order valence-electron chi connectivity index (χ0n) is 13.9. The number of benzene rings is 1. The Bertz CT molecular complexity index is 780. The number of anilines is 1. The molecule has 0 fully saturated rings. The van der Waals surface area contributed by atoms with Crippen molar-refractivity contribution in [2.75, 3.05) is 11.9 Å². The largest absolute Gasteiger partial charge is 0.468 e. The summed E-state index contributed by atoms with van der Waals surface area (Å²) in [5.74, 6) is 0.245. The van der Waals surface area contributed by atoms with Crippen LogP contribution in [0.2, 0.25) is 0 Å². The van der Waals surface area contributed by atoms with Crippen LogP contribution in [-0.2, 0) is 17.9 Å². The molecule has 1 N–H and O–H groups in total. The summed E-state index contributed by atoms with van der Waals surface area (Å²) in [6.45, 7) is 3.20. The van der Waals surface area contributed by atoms with Crippen LogP contribution < -0.4 is 5.32 Å². The van der Waals surface area contributed by atoms with E-state index in [2.05, 4.69) is 5.32 Å². The van der Waals surface area contributed by atoms with Crippen LogP contribution >= 0.6 is 11.3 Å². The van der Waals surface area contributed by atoms with E-state index in [-0.39, 0.29) is 18.3 Å².